The molecule has 1 heterocycles. The van der Waals surface area contributed by atoms with Gasteiger partial charge in [-0.05, 0) is 60.6 Å². The molecule has 0 unspecified atom stereocenters. The first-order chi connectivity index (χ1) is 14.8. The van der Waals surface area contributed by atoms with Crippen LogP contribution in [0.4, 0.5) is 5.69 Å². The lowest BCUT2D eigenvalue weighted by Crippen LogP contribution is -2.37. The van der Waals surface area contributed by atoms with Gasteiger partial charge < -0.3 is 15.5 Å². The molecule has 0 amide bonds. The molecule has 8 heteroatoms. The highest BCUT2D eigenvalue weighted by molar-refractivity contribution is 14.0. The summed E-state index contributed by atoms with van der Waals surface area (Å²) in [6, 6.07) is 15.8. The predicted octanol–water partition coefficient (Wildman–Crippen LogP) is 3.85. The minimum atomic E-state index is -3.15. The van der Waals surface area contributed by atoms with Gasteiger partial charge in [0, 0.05) is 45.2 Å². The van der Waals surface area contributed by atoms with Crippen LogP contribution in [0.25, 0.3) is 0 Å². The van der Waals surface area contributed by atoms with Crippen molar-refractivity contribution in [2.24, 2.45) is 10.9 Å². The Kier molecular flexibility index (Phi) is 10.3. The number of piperidine rings is 1. The van der Waals surface area contributed by atoms with E-state index in [9.17, 15) is 8.42 Å². The lowest BCUT2D eigenvalue weighted by Gasteiger charge is -2.32. The fraction of sp³-hybridized carbons (Fsp3) is 0.458. The maximum Gasteiger partial charge on any atom is 0.191 e. The average molecular weight is 571 g/mol. The van der Waals surface area contributed by atoms with Crippen molar-refractivity contribution in [2.75, 3.05) is 37.8 Å². The average Bonchev–Trinajstić information content (AvgIpc) is 2.77. The number of aliphatic imine (C=N–C) groups is 1. The van der Waals surface area contributed by atoms with Crippen molar-refractivity contribution in [3.63, 3.8) is 0 Å². The van der Waals surface area contributed by atoms with Crippen molar-refractivity contribution in [1.82, 2.24) is 10.6 Å². The molecule has 0 aliphatic carbocycles. The van der Waals surface area contributed by atoms with Crippen LogP contribution in [0.1, 0.15) is 30.9 Å². The summed E-state index contributed by atoms with van der Waals surface area (Å²) in [5.74, 6) is 1.59. The molecule has 176 valence electrons. The topological polar surface area (TPSA) is 73.8 Å². The molecule has 3 rings (SSSR count). The Bertz CT molecular complexity index is 968. The summed E-state index contributed by atoms with van der Waals surface area (Å²) in [6.45, 7) is 6.05. The molecule has 0 aromatic heterocycles. The van der Waals surface area contributed by atoms with Crippen molar-refractivity contribution in [3.05, 3.63) is 59.7 Å². The number of sulfone groups is 1. The highest BCUT2D eigenvalue weighted by Crippen LogP contribution is 2.23. The number of guanidine groups is 1. The Morgan fingerprint density at radius 2 is 1.59 bits per heavy atom. The number of nitrogens with one attached hydrogen (secondary N) is 2. The van der Waals surface area contributed by atoms with E-state index < -0.39 is 9.84 Å². The van der Waals surface area contributed by atoms with Gasteiger partial charge in [0.2, 0.25) is 0 Å². The number of nitrogens with zero attached hydrogens (tertiary/aromatic N) is 2. The van der Waals surface area contributed by atoms with Gasteiger partial charge in [0.05, 0.1) is 4.90 Å². The van der Waals surface area contributed by atoms with Crippen LogP contribution in [0.2, 0.25) is 0 Å². The number of rotatable bonds is 7. The molecule has 0 atom stereocenters. The SMILES string of the molecule is CN=C(NCCc1ccc(S(C)(=O)=O)cc1)NCc1ccc(N2CCC(C)CC2)cc1.I. The van der Waals surface area contributed by atoms with Crippen molar-refractivity contribution < 1.29 is 8.42 Å². The molecule has 0 spiro atoms. The molecular weight excluding hydrogens is 535 g/mol. The third-order valence-corrected chi connectivity index (χ3v) is 6.95. The fourth-order valence-electron chi connectivity index (χ4n) is 3.73. The number of benzene rings is 2. The van der Waals surface area contributed by atoms with Gasteiger partial charge in [-0.2, -0.15) is 0 Å². The second-order valence-corrected chi connectivity index (χ2v) is 10.4. The lowest BCUT2D eigenvalue weighted by molar-refractivity contribution is 0.438. The third-order valence-electron chi connectivity index (χ3n) is 5.83. The fourth-order valence-corrected chi connectivity index (χ4v) is 4.36. The number of anilines is 1. The van der Waals surface area contributed by atoms with Crippen molar-refractivity contribution in [1.29, 1.82) is 0 Å². The molecule has 1 aliphatic rings. The minimum absolute atomic E-state index is 0. The molecule has 1 saturated heterocycles. The van der Waals surface area contributed by atoms with E-state index in [1.165, 1.54) is 30.3 Å². The predicted molar refractivity (Wildman–Crippen MR) is 144 cm³/mol. The van der Waals surface area contributed by atoms with E-state index in [2.05, 4.69) is 51.7 Å². The van der Waals surface area contributed by atoms with Gasteiger partial charge >= 0.3 is 0 Å². The quantitative estimate of drug-likeness (QED) is 0.301. The monoisotopic (exact) mass is 570 g/mol. The second kappa shape index (κ2) is 12.4. The van der Waals surface area contributed by atoms with Gasteiger partial charge in [-0.3, -0.25) is 4.99 Å². The molecule has 2 aromatic carbocycles. The first-order valence-corrected chi connectivity index (χ1v) is 12.8. The van der Waals surface area contributed by atoms with Crippen LogP contribution in [0.15, 0.2) is 58.4 Å². The van der Waals surface area contributed by atoms with Crippen LogP contribution in [0.5, 0.6) is 0 Å². The molecular formula is C24H35IN4O2S. The van der Waals surface area contributed by atoms with Crippen LogP contribution < -0.4 is 15.5 Å². The first-order valence-electron chi connectivity index (χ1n) is 10.9. The van der Waals surface area contributed by atoms with Crippen LogP contribution in [0.3, 0.4) is 0 Å². The number of halogens is 1. The summed E-state index contributed by atoms with van der Waals surface area (Å²) in [7, 11) is -1.39. The summed E-state index contributed by atoms with van der Waals surface area (Å²) >= 11 is 0. The van der Waals surface area contributed by atoms with E-state index >= 15 is 0 Å². The van der Waals surface area contributed by atoms with Gasteiger partial charge in [-0.1, -0.05) is 31.2 Å². The maximum atomic E-state index is 11.5. The summed E-state index contributed by atoms with van der Waals surface area (Å²) in [5, 5.41) is 6.66. The Morgan fingerprint density at radius 1 is 1.00 bits per heavy atom. The van der Waals surface area contributed by atoms with Crippen LogP contribution >= 0.6 is 24.0 Å². The number of hydrogen-bond donors (Lipinski definition) is 2. The van der Waals surface area contributed by atoms with Gasteiger partial charge in [-0.15, -0.1) is 24.0 Å². The molecule has 1 fully saturated rings. The van der Waals surface area contributed by atoms with Gasteiger partial charge in [0.15, 0.2) is 15.8 Å². The van der Waals surface area contributed by atoms with E-state index in [0.29, 0.717) is 18.0 Å². The van der Waals surface area contributed by atoms with E-state index in [4.69, 9.17) is 0 Å². The molecule has 1 aliphatic heterocycles. The van der Waals surface area contributed by atoms with Gasteiger partial charge in [0.25, 0.3) is 0 Å². The Labute approximate surface area is 209 Å². The highest BCUT2D eigenvalue weighted by atomic mass is 127. The third kappa shape index (κ3) is 7.95. The largest absolute Gasteiger partial charge is 0.372 e. The molecule has 32 heavy (non-hydrogen) atoms. The van der Waals surface area contributed by atoms with Crippen molar-refractivity contribution in [3.8, 4) is 0 Å². The Balaban J connectivity index is 0.00000363. The minimum Gasteiger partial charge on any atom is -0.372 e. The first kappa shape index (κ1) is 26.4. The van der Waals surface area contributed by atoms with Gasteiger partial charge in [0.1, 0.15) is 0 Å². The summed E-state index contributed by atoms with van der Waals surface area (Å²) in [5.41, 5.74) is 3.60. The second-order valence-electron chi connectivity index (χ2n) is 8.35. The molecule has 2 aromatic rings. The van der Waals surface area contributed by atoms with Crippen molar-refractivity contribution >= 4 is 45.5 Å². The van der Waals surface area contributed by atoms with E-state index in [1.54, 1.807) is 19.2 Å². The number of hydrogen-bond acceptors (Lipinski definition) is 4. The highest BCUT2D eigenvalue weighted by Gasteiger charge is 2.15. The summed E-state index contributed by atoms with van der Waals surface area (Å²) in [6.07, 6.45) is 4.55. The van der Waals surface area contributed by atoms with E-state index in [1.807, 2.05) is 12.1 Å². The standard InChI is InChI=1S/C24H34N4O2S.HI/c1-19-13-16-28(17-14-19)22-8-4-21(5-9-22)18-27-24(25-2)26-15-12-20-6-10-23(11-7-20)31(3,29)30;/h4-11,19H,12-18H2,1-3H3,(H2,25,26,27);1H. The Morgan fingerprint density at radius 3 is 2.16 bits per heavy atom. The van der Waals surface area contributed by atoms with Crippen LogP contribution in [0, 0.1) is 5.92 Å². The Hall–Kier alpha value is -1.81. The molecule has 0 saturated carbocycles. The summed E-state index contributed by atoms with van der Waals surface area (Å²) < 4.78 is 23.1. The maximum absolute atomic E-state index is 11.5. The zero-order chi connectivity index (χ0) is 22.3. The molecule has 0 radical (unpaired) electrons. The van der Waals surface area contributed by atoms with Crippen molar-refractivity contribution in [2.45, 2.75) is 37.6 Å². The van der Waals surface area contributed by atoms with E-state index in [0.717, 1.165) is 37.0 Å². The summed E-state index contributed by atoms with van der Waals surface area (Å²) in [4.78, 5) is 7.11. The van der Waals surface area contributed by atoms with Crippen LogP contribution in [-0.2, 0) is 22.8 Å². The zero-order valence-electron chi connectivity index (χ0n) is 19.2. The molecule has 0 bridgehead atoms. The normalized spacial score (nSPS) is 15.2. The zero-order valence-corrected chi connectivity index (χ0v) is 22.3. The molecule has 6 nitrogen and oxygen atoms in total. The van der Waals surface area contributed by atoms with Crippen LogP contribution in [-0.4, -0.2) is 47.3 Å². The lowest BCUT2D eigenvalue weighted by atomic mass is 9.99. The smallest absolute Gasteiger partial charge is 0.191 e. The van der Waals surface area contributed by atoms with E-state index in [-0.39, 0.29) is 24.0 Å². The van der Waals surface area contributed by atoms with Gasteiger partial charge in [-0.25, -0.2) is 8.42 Å². The molecule has 2 N–H and O–H groups in total.